The molecule has 1 N–H and O–H groups in total. The van der Waals surface area contributed by atoms with Gasteiger partial charge in [-0.3, -0.25) is 4.98 Å². The Morgan fingerprint density at radius 1 is 1.33 bits per heavy atom. The van der Waals surface area contributed by atoms with Crippen LogP contribution in [0.4, 0.5) is 5.82 Å². The molecule has 1 spiro atoms. The number of anilines is 1. The fraction of sp³-hybridized carbons (Fsp3) is 0.750. The third-order valence-electron chi connectivity index (χ3n) is 4.51. The molecule has 1 aromatic heterocycles. The molecule has 1 aromatic rings. The summed E-state index contributed by atoms with van der Waals surface area (Å²) < 4.78 is 11.5. The van der Waals surface area contributed by atoms with Crippen molar-refractivity contribution in [2.75, 3.05) is 18.5 Å². The molecule has 21 heavy (non-hydrogen) atoms. The fourth-order valence-electron chi connectivity index (χ4n) is 3.54. The molecule has 1 saturated heterocycles. The second-order valence-corrected chi connectivity index (χ2v) is 6.10. The average Bonchev–Trinajstić information content (AvgIpc) is 2.49. The summed E-state index contributed by atoms with van der Waals surface area (Å²) in [6.07, 6.45) is 11.9. The molecule has 2 fully saturated rings. The van der Waals surface area contributed by atoms with Crippen LogP contribution in [0.2, 0.25) is 0 Å². The predicted octanol–water partition coefficient (Wildman–Crippen LogP) is 3.17. The SMILES string of the molecule is CCOc1cncc(NC2CCOC3(CCCCC3)C2)n1. The van der Waals surface area contributed by atoms with Crippen LogP contribution in [0.1, 0.15) is 51.9 Å². The lowest BCUT2D eigenvalue weighted by Gasteiger charge is -2.43. The van der Waals surface area contributed by atoms with Crippen molar-refractivity contribution in [1.29, 1.82) is 0 Å². The van der Waals surface area contributed by atoms with Crippen LogP contribution in [-0.4, -0.2) is 34.8 Å². The maximum Gasteiger partial charge on any atom is 0.234 e. The van der Waals surface area contributed by atoms with E-state index in [4.69, 9.17) is 9.47 Å². The van der Waals surface area contributed by atoms with Crippen molar-refractivity contribution in [3.05, 3.63) is 12.4 Å². The molecule has 2 aliphatic rings. The van der Waals surface area contributed by atoms with E-state index >= 15 is 0 Å². The van der Waals surface area contributed by atoms with Crippen LogP contribution in [0, 0.1) is 0 Å². The molecule has 2 heterocycles. The van der Waals surface area contributed by atoms with E-state index in [2.05, 4.69) is 15.3 Å². The van der Waals surface area contributed by atoms with Gasteiger partial charge in [0, 0.05) is 12.6 Å². The highest BCUT2D eigenvalue weighted by atomic mass is 16.5. The van der Waals surface area contributed by atoms with E-state index in [-0.39, 0.29) is 5.60 Å². The standard InChI is InChI=1S/C16H25N3O2/c1-2-20-15-12-17-11-14(19-15)18-13-6-9-21-16(10-13)7-4-3-5-8-16/h11-13H,2-10H2,1H3,(H,18,19). The van der Waals surface area contributed by atoms with Crippen molar-refractivity contribution in [3.8, 4) is 5.88 Å². The largest absolute Gasteiger partial charge is 0.477 e. The summed E-state index contributed by atoms with van der Waals surface area (Å²) >= 11 is 0. The summed E-state index contributed by atoms with van der Waals surface area (Å²) in [5, 5.41) is 3.52. The second-order valence-electron chi connectivity index (χ2n) is 6.10. The molecule has 5 nitrogen and oxygen atoms in total. The first-order chi connectivity index (χ1) is 10.3. The van der Waals surface area contributed by atoms with Gasteiger partial charge < -0.3 is 14.8 Å². The fourth-order valence-corrected chi connectivity index (χ4v) is 3.54. The van der Waals surface area contributed by atoms with Crippen LogP contribution < -0.4 is 10.1 Å². The van der Waals surface area contributed by atoms with E-state index in [1.165, 1.54) is 32.1 Å². The van der Waals surface area contributed by atoms with Gasteiger partial charge in [-0.2, -0.15) is 4.98 Å². The first-order valence-corrected chi connectivity index (χ1v) is 8.15. The zero-order valence-electron chi connectivity index (χ0n) is 12.8. The summed E-state index contributed by atoms with van der Waals surface area (Å²) in [5.41, 5.74) is 0.110. The van der Waals surface area contributed by atoms with Gasteiger partial charge in [0.25, 0.3) is 0 Å². The van der Waals surface area contributed by atoms with Gasteiger partial charge in [0.15, 0.2) is 0 Å². The zero-order valence-corrected chi connectivity index (χ0v) is 12.8. The average molecular weight is 291 g/mol. The van der Waals surface area contributed by atoms with Gasteiger partial charge in [-0.05, 0) is 32.6 Å². The van der Waals surface area contributed by atoms with Gasteiger partial charge in [-0.1, -0.05) is 19.3 Å². The van der Waals surface area contributed by atoms with E-state index in [0.717, 1.165) is 25.3 Å². The van der Waals surface area contributed by atoms with Crippen LogP contribution in [0.5, 0.6) is 5.88 Å². The summed E-state index contributed by atoms with van der Waals surface area (Å²) in [6.45, 7) is 3.40. The number of nitrogens with one attached hydrogen (secondary N) is 1. The highest BCUT2D eigenvalue weighted by Gasteiger charge is 2.38. The Balaban J connectivity index is 1.63. The first kappa shape index (κ1) is 14.6. The Morgan fingerprint density at radius 2 is 2.19 bits per heavy atom. The van der Waals surface area contributed by atoms with Gasteiger partial charge in [0.2, 0.25) is 5.88 Å². The smallest absolute Gasteiger partial charge is 0.234 e. The minimum atomic E-state index is 0.110. The molecular weight excluding hydrogens is 266 g/mol. The van der Waals surface area contributed by atoms with Gasteiger partial charge >= 0.3 is 0 Å². The lowest BCUT2D eigenvalue weighted by atomic mass is 9.78. The van der Waals surface area contributed by atoms with E-state index in [1.807, 2.05) is 6.92 Å². The lowest BCUT2D eigenvalue weighted by Crippen LogP contribution is -2.45. The number of nitrogens with zero attached hydrogens (tertiary/aromatic N) is 2. The predicted molar refractivity (Wildman–Crippen MR) is 81.6 cm³/mol. The van der Waals surface area contributed by atoms with Crippen LogP contribution in [0.15, 0.2) is 12.4 Å². The molecule has 0 amide bonds. The molecule has 5 heteroatoms. The molecule has 1 aliphatic carbocycles. The number of aromatic nitrogens is 2. The molecule has 1 unspecified atom stereocenters. The van der Waals surface area contributed by atoms with Crippen LogP contribution in [-0.2, 0) is 4.74 Å². The molecule has 1 atom stereocenters. The molecular formula is C16H25N3O2. The van der Waals surface area contributed by atoms with Gasteiger partial charge in [0.1, 0.15) is 5.82 Å². The van der Waals surface area contributed by atoms with Crippen molar-refractivity contribution in [2.24, 2.45) is 0 Å². The van der Waals surface area contributed by atoms with Crippen LogP contribution in [0.3, 0.4) is 0 Å². The zero-order chi connectivity index (χ0) is 14.5. The Kier molecular flexibility index (Phi) is 4.58. The van der Waals surface area contributed by atoms with Crippen molar-refractivity contribution >= 4 is 5.82 Å². The summed E-state index contributed by atoms with van der Waals surface area (Å²) in [6, 6.07) is 0.419. The van der Waals surface area contributed by atoms with Gasteiger partial charge in [0.05, 0.1) is 24.6 Å². The minimum Gasteiger partial charge on any atom is -0.477 e. The first-order valence-electron chi connectivity index (χ1n) is 8.15. The van der Waals surface area contributed by atoms with Crippen molar-refractivity contribution in [2.45, 2.75) is 63.5 Å². The molecule has 3 rings (SSSR count). The third kappa shape index (κ3) is 3.64. The maximum absolute atomic E-state index is 6.14. The number of hydrogen-bond acceptors (Lipinski definition) is 5. The summed E-state index contributed by atoms with van der Waals surface area (Å²) in [7, 11) is 0. The number of hydrogen-bond donors (Lipinski definition) is 1. The van der Waals surface area contributed by atoms with E-state index in [9.17, 15) is 0 Å². The molecule has 116 valence electrons. The third-order valence-corrected chi connectivity index (χ3v) is 4.51. The number of rotatable bonds is 4. The molecule has 0 aromatic carbocycles. The minimum absolute atomic E-state index is 0.110. The molecule has 0 radical (unpaired) electrons. The summed E-state index contributed by atoms with van der Waals surface area (Å²) in [5.74, 6) is 1.39. The van der Waals surface area contributed by atoms with Crippen molar-refractivity contribution < 1.29 is 9.47 Å². The number of ether oxygens (including phenoxy) is 2. The highest BCUT2D eigenvalue weighted by Crippen LogP contribution is 2.39. The molecule has 1 saturated carbocycles. The Labute approximate surface area is 126 Å². The van der Waals surface area contributed by atoms with Gasteiger partial charge in [-0.15, -0.1) is 0 Å². The lowest BCUT2D eigenvalue weighted by molar-refractivity contribution is -0.103. The van der Waals surface area contributed by atoms with E-state index < -0.39 is 0 Å². The topological polar surface area (TPSA) is 56.3 Å². The molecule has 1 aliphatic heterocycles. The second kappa shape index (κ2) is 6.60. The van der Waals surface area contributed by atoms with E-state index in [0.29, 0.717) is 18.5 Å². The van der Waals surface area contributed by atoms with Crippen molar-refractivity contribution in [1.82, 2.24) is 9.97 Å². The monoisotopic (exact) mass is 291 g/mol. The molecule has 0 bridgehead atoms. The van der Waals surface area contributed by atoms with Crippen LogP contribution in [0.25, 0.3) is 0 Å². The Bertz CT molecular complexity index is 455. The quantitative estimate of drug-likeness (QED) is 0.923. The Hall–Kier alpha value is -1.36. The summed E-state index contributed by atoms with van der Waals surface area (Å²) in [4.78, 5) is 8.64. The normalized spacial score (nSPS) is 24.7. The van der Waals surface area contributed by atoms with Gasteiger partial charge in [-0.25, -0.2) is 0 Å². The maximum atomic E-state index is 6.14. The van der Waals surface area contributed by atoms with Crippen LogP contribution >= 0.6 is 0 Å². The van der Waals surface area contributed by atoms with E-state index in [1.54, 1.807) is 12.4 Å². The highest BCUT2D eigenvalue weighted by molar-refractivity contribution is 5.34. The Morgan fingerprint density at radius 3 is 3.00 bits per heavy atom. The van der Waals surface area contributed by atoms with Crippen molar-refractivity contribution in [3.63, 3.8) is 0 Å².